The van der Waals surface area contributed by atoms with Crippen LogP contribution in [0.1, 0.15) is 59.8 Å². The lowest BCUT2D eigenvalue weighted by molar-refractivity contribution is -0.144. The summed E-state index contributed by atoms with van der Waals surface area (Å²) in [6, 6.07) is -4.91. The van der Waals surface area contributed by atoms with Gasteiger partial charge in [0.05, 0.1) is 12.5 Å². The van der Waals surface area contributed by atoms with Crippen LogP contribution in [-0.4, -0.2) is 76.5 Å². The first-order valence-corrected chi connectivity index (χ1v) is 11.9. The molecule has 5 unspecified atom stereocenters. The van der Waals surface area contributed by atoms with Crippen LogP contribution in [0.3, 0.4) is 0 Å². The Labute approximate surface area is 210 Å². The Balaban J connectivity index is 5.70. The normalized spacial score (nSPS) is 15.1. The number of guanidine groups is 1. The first-order chi connectivity index (χ1) is 16.7. The van der Waals surface area contributed by atoms with E-state index in [9.17, 15) is 34.2 Å². The van der Waals surface area contributed by atoms with Gasteiger partial charge in [-0.2, -0.15) is 0 Å². The topological polar surface area (TPSA) is 252 Å². The monoisotopic (exact) mass is 515 g/mol. The fourth-order valence-corrected chi connectivity index (χ4v) is 3.26. The van der Waals surface area contributed by atoms with Crippen LogP contribution < -0.4 is 33.2 Å². The van der Waals surface area contributed by atoms with E-state index in [-0.39, 0.29) is 31.3 Å². The van der Waals surface area contributed by atoms with Crippen molar-refractivity contribution < 1.29 is 34.2 Å². The van der Waals surface area contributed by atoms with E-state index in [4.69, 9.17) is 17.2 Å². The number of carbonyl (C=O) groups is 5. The average Bonchev–Trinajstić information content (AvgIpc) is 2.76. The van der Waals surface area contributed by atoms with Crippen LogP contribution >= 0.6 is 0 Å². The number of aliphatic carboxylic acids is 2. The number of nitrogens with two attached hydrogens (primary N) is 3. The number of aliphatic imine (C=N–C) groups is 1. The van der Waals surface area contributed by atoms with Crippen molar-refractivity contribution in [2.75, 3.05) is 6.54 Å². The number of nitrogens with one attached hydrogen (secondary N) is 3. The summed E-state index contributed by atoms with van der Waals surface area (Å²) in [4.78, 5) is 65.0. The van der Waals surface area contributed by atoms with Crippen LogP contribution in [-0.2, 0) is 24.0 Å². The Bertz CT molecular complexity index is 800. The van der Waals surface area contributed by atoms with Crippen molar-refractivity contribution in [1.82, 2.24) is 16.0 Å². The van der Waals surface area contributed by atoms with Gasteiger partial charge >= 0.3 is 11.9 Å². The number of rotatable bonds is 17. The zero-order valence-electron chi connectivity index (χ0n) is 21.3. The fraction of sp³-hybridized carbons (Fsp3) is 0.727. The molecule has 0 aliphatic carbocycles. The Morgan fingerprint density at radius 1 is 0.889 bits per heavy atom. The maximum atomic E-state index is 12.9. The van der Waals surface area contributed by atoms with Crippen LogP contribution in [0.5, 0.6) is 0 Å². The summed E-state index contributed by atoms with van der Waals surface area (Å²) < 4.78 is 0. The zero-order chi connectivity index (χ0) is 28.0. The fourth-order valence-electron chi connectivity index (χ4n) is 3.26. The van der Waals surface area contributed by atoms with Gasteiger partial charge in [-0.05, 0) is 31.1 Å². The van der Waals surface area contributed by atoms with E-state index in [1.54, 1.807) is 13.8 Å². The van der Waals surface area contributed by atoms with Crippen molar-refractivity contribution in [3.63, 3.8) is 0 Å². The molecule has 0 aromatic carbocycles. The third-order valence-electron chi connectivity index (χ3n) is 5.43. The van der Waals surface area contributed by atoms with E-state index in [1.807, 2.05) is 13.8 Å². The number of hydrogen-bond acceptors (Lipinski definition) is 7. The summed E-state index contributed by atoms with van der Waals surface area (Å²) in [5.74, 6) is -5.49. The molecule has 0 rings (SSSR count). The van der Waals surface area contributed by atoms with Gasteiger partial charge in [-0.25, -0.2) is 4.79 Å². The highest BCUT2D eigenvalue weighted by molar-refractivity contribution is 5.95. The second-order valence-electron chi connectivity index (χ2n) is 9.12. The molecular weight excluding hydrogens is 474 g/mol. The Morgan fingerprint density at radius 2 is 1.44 bits per heavy atom. The van der Waals surface area contributed by atoms with Gasteiger partial charge in [0, 0.05) is 6.54 Å². The molecule has 36 heavy (non-hydrogen) atoms. The number of carboxylic acid groups (broad SMARTS) is 2. The van der Waals surface area contributed by atoms with Gasteiger partial charge in [-0.15, -0.1) is 0 Å². The quantitative estimate of drug-likeness (QED) is 0.0630. The predicted molar refractivity (Wildman–Crippen MR) is 132 cm³/mol. The number of carbonyl (C=O) groups excluding carboxylic acids is 3. The predicted octanol–water partition coefficient (Wildman–Crippen LogP) is -1.53. The minimum Gasteiger partial charge on any atom is -0.481 e. The number of carboxylic acids is 2. The second kappa shape index (κ2) is 16.3. The standard InChI is InChI=1S/C22H41N7O7/c1-5-12(4)17(21(35)36)29-19(33)14(7-6-8-26-22(24)25)27-20(34)15(10-16(30)31)28-18(32)13(23)9-11(2)3/h11-15,17H,5-10,23H2,1-4H3,(H,27,34)(H,28,32)(H,29,33)(H,30,31)(H,35,36)(H4,24,25,26). The number of hydrogen-bond donors (Lipinski definition) is 8. The van der Waals surface area contributed by atoms with Crippen molar-refractivity contribution in [3.05, 3.63) is 0 Å². The molecule has 5 atom stereocenters. The molecule has 0 saturated carbocycles. The molecule has 0 bridgehead atoms. The third kappa shape index (κ3) is 12.9. The molecule has 14 heteroatoms. The lowest BCUT2D eigenvalue weighted by atomic mass is 9.98. The van der Waals surface area contributed by atoms with E-state index in [2.05, 4.69) is 20.9 Å². The van der Waals surface area contributed by atoms with Crippen LogP contribution in [0.2, 0.25) is 0 Å². The van der Waals surface area contributed by atoms with E-state index < -0.39 is 66.2 Å². The molecule has 0 saturated heterocycles. The van der Waals surface area contributed by atoms with E-state index in [0.29, 0.717) is 12.8 Å². The Morgan fingerprint density at radius 3 is 1.92 bits per heavy atom. The first-order valence-electron chi connectivity index (χ1n) is 11.9. The molecule has 14 nitrogen and oxygen atoms in total. The molecule has 11 N–H and O–H groups in total. The molecule has 206 valence electrons. The van der Waals surface area contributed by atoms with Crippen LogP contribution in [0, 0.1) is 11.8 Å². The van der Waals surface area contributed by atoms with Gasteiger partial charge in [0.2, 0.25) is 17.7 Å². The molecule has 3 amide bonds. The van der Waals surface area contributed by atoms with Gasteiger partial charge in [-0.3, -0.25) is 24.2 Å². The van der Waals surface area contributed by atoms with Crippen LogP contribution in [0.25, 0.3) is 0 Å². The van der Waals surface area contributed by atoms with E-state index >= 15 is 0 Å². The molecule has 0 heterocycles. The molecule has 0 aromatic heterocycles. The molecule has 0 aliphatic heterocycles. The molecule has 0 aliphatic rings. The van der Waals surface area contributed by atoms with Crippen LogP contribution in [0.15, 0.2) is 4.99 Å². The smallest absolute Gasteiger partial charge is 0.326 e. The average molecular weight is 516 g/mol. The zero-order valence-corrected chi connectivity index (χ0v) is 21.3. The molecular formula is C22H41N7O7. The highest BCUT2D eigenvalue weighted by atomic mass is 16.4. The molecule has 0 aromatic rings. The van der Waals surface area contributed by atoms with Crippen molar-refractivity contribution in [2.24, 2.45) is 34.0 Å². The Kier molecular flexibility index (Phi) is 14.7. The number of nitrogens with zero attached hydrogens (tertiary/aromatic N) is 1. The van der Waals surface area contributed by atoms with Gasteiger partial charge in [0.1, 0.15) is 18.1 Å². The molecule has 0 radical (unpaired) electrons. The first kappa shape index (κ1) is 32.6. The van der Waals surface area contributed by atoms with E-state index in [1.165, 1.54) is 0 Å². The summed E-state index contributed by atoms with van der Waals surface area (Å²) in [7, 11) is 0. The summed E-state index contributed by atoms with van der Waals surface area (Å²) in [6.45, 7) is 7.26. The SMILES string of the molecule is CCC(C)C(NC(=O)C(CCCN=C(N)N)NC(=O)C(CC(=O)O)NC(=O)C(N)CC(C)C)C(=O)O. The van der Waals surface area contributed by atoms with Crippen molar-refractivity contribution in [1.29, 1.82) is 0 Å². The summed E-state index contributed by atoms with van der Waals surface area (Å²) >= 11 is 0. The van der Waals surface area contributed by atoms with Crippen molar-refractivity contribution >= 4 is 35.6 Å². The minimum absolute atomic E-state index is 0.0157. The van der Waals surface area contributed by atoms with E-state index in [0.717, 1.165) is 0 Å². The minimum atomic E-state index is -1.51. The summed E-state index contributed by atoms with van der Waals surface area (Å²) in [5, 5.41) is 25.9. The van der Waals surface area contributed by atoms with Crippen molar-refractivity contribution in [2.45, 2.75) is 84.0 Å². The summed E-state index contributed by atoms with van der Waals surface area (Å²) in [6.07, 6.45) is 0.296. The Hall–Kier alpha value is -3.42. The van der Waals surface area contributed by atoms with Gasteiger partial charge in [0.15, 0.2) is 5.96 Å². The van der Waals surface area contributed by atoms with Gasteiger partial charge in [-0.1, -0.05) is 34.1 Å². The maximum Gasteiger partial charge on any atom is 0.326 e. The lowest BCUT2D eigenvalue weighted by Gasteiger charge is -2.26. The summed E-state index contributed by atoms with van der Waals surface area (Å²) in [5.41, 5.74) is 16.4. The molecule has 0 fully saturated rings. The highest BCUT2D eigenvalue weighted by Crippen LogP contribution is 2.10. The van der Waals surface area contributed by atoms with Crippen molar-refractivity contribution in [3.8, 4) is 0 Å². The maximum absolute atomic E-state index is 12.9. The third-order valence-corrected chi connectivity index (χ3v) is 5.43. The second-order valence-corrected chi connectivity index (χ2v) is 9.12. The van der Waals surface area contributed by atoms with Gasteiger partial charge in [0.25, 0.3) is 0 Å². The molecule has 0 spiro atoms. The van der Waals surface area contributed by atoms with Gasteiger partial charge < -0.3 is 43.4 Å². The number of amides is 3. The highest BCUT2D eigenvalue weighted by Gasteiger charge is 2.32. The van der Waals surface area contributed by atoms with Crippen LogP contribution in [0.4, 0.5) is 0 Å². The lowest BCUT2D eigenvalue weighted by Crippen LogP contribution is -2.58. The largest absolute Gasteiger partial charge is 0.481 e.